The van der Waals surface area contributed by atoms with E-state index in [2.05, 4.69) is 53.4 Å². The fourth-order valence-electron chi connectivity index (χ4n) is 3.33. The van der Waals surface area contributed by atoms with Gasteiger partial charge in [0.2, 0.25) is 5.91 Å². The molecule has 0 spiro atoms. The smallest absolute Gasteiger partial charge is 0.251 e. The van der Waals surface area contributed by atoms with Crippen LogP contribution < -0.4 is 10.1 Å². The summed E-state index contributed by atoms with van der Waals surface area (Å²) in [5.74, 6) is 1.40. The zero-order valence-corrected chi connectivity index (χ0v) is 19.1. The van der Waals surface area contributed by atoms with Gasteiger partial charge in [0.05, 0.1) is 7.11 Å². The van der Waals surface area contributed by atoms with Gasteiger partial charge in [-0.25, -0.2) is 0 Å². The average molecular weight is 403 g/mol. The number of benzene rings is 1. The molecule has 1 aromatic carbocycles. The van der Waals surface area contributed by atoms with E-state index in [1.165, 1.54) is 0 Å². The van der Waals surface area contributed by atoms with Crippen molar-refractivity contribution in [1.29, 1.82) is 0 Å². The van der Waals surface area contributed by atoms with E-state index in [9.17, 15) is 9.59 Å². The van der Waals surface area contributed by atoms with E-state index in [-0.39, 0.29) is 17.7 Å². The Morgan fingerprint density at radius 3 is 2.10 bits per heavy atom. The largest absolute Gasteiger partial charge is 0.496 e. The van der Waals surface area contributed by atoms with Gasteiger partial charge in [-0.3, -0.25) is 9.59 Å². The first-order valence-electron chi connectivity index (χ1n) is 10.5. The first-order chi connectivity index (χ1) is 13.6. The highest BCUT2D eigenvalue weighted by Gasteiger charge is 2.28. The summed E-state index contributed by atoms with van der Waals surface area (Å²) < 4.78 is 5.28. The second kappa shape index (κ2) is 11.6. The standard InChI is InChI=1S/C24H38N2O3/c1-9-19-13-20(10-11-22(19)29-8)23(27)25-21(12-16(2)3)24(28)26(14-17(4)5)15-18(6)7/h9-11,13,16-18,21H,1,12,14-15H2,2-8H3,(H,25,27)/t21-/m0/s1. The van der Waals surface area contributed by atoms with Crippen LogP contribution in [-0.4, -0.2) is 43.0 Å². The van der Waals surface area contributed by atoms with Crippen molar-refractivity contribution in [3.05, 3.63) is 35.9 Å². The van der Waals surface area contributed by atoms with Gasteiger partial charge in [-0.1, -0.05) is 54.2 Å². The van der Waals surface area contributed by atoms with Crippen molar-refractivity contribution in [3.63, 3.8) is 0 Å². The molecule has 0 aliphatic rings. The highest BCUT2D eigenvalue weighted by Crippen LogP contribution is 2.21. The Morgan fingerprint density at radius 2 is 1.66 bits per heavy atom. The van der Waals surface area contributed by atoms with Crippen molar-refractivity contribution in [1.82, 2.24) is 10.2 Å². The third-order valence-corrected chi connectivity index (χ3v) is 4.51. The van der Waals surface area contributed by atoms with Crippen molar-refractivity contribution >= 4 is 17.9 Å². The van der Waals surface area contributed by atoms with E-state index in [1.54, 1.807) is 31.4 Å². The van der Waals surface area contributed by atoms with Crippen molar-refractivity contribution in [3.8, 4) is 5.75 Å². The summed E-state index contributed by atoms with van der Waals surface area (Å²) in [7, 11) is 1.58. The molecule has 0 saturated heterocycles. The molecule has 1 atom stereocenters. The van der Waals surface area contributed by atoms with E-state index in [0.29, 0.717) is 42.7 Å². The molecule has 0 bridgehead atoms. The van der Waals surface area contributed by atoms with Gasteiger partial charge in [-0.2, -0.15) is 0 Å². The Bertz CT molecular complexity index is 685. The number of amides is 2. The highest BCUT2D eigenvalue weighted by molar-refractivity contribution is 5.98. The molecule has 1 N–H and O–H groups in total. The van der Waals surface area contributed by atoms with Crippen LogP contribution in [0.3, 0.4) is 0 Å². The van der Waals surface area contributed by atoms with E-state index < -0.39 is 6.04 Å². The summed E-state index contributed by atoms with van der Waals surface area (Å²) in [4.78, 5) is 28.1. The first-order valence-corrected chi connectivity index (χ1v) is 10.5. The Kier molecular flexibility index (Phi) is 9.93. The maximum Gasteiger partial charge on any atom is 0.251 e. The molecule has 5 nitrogen and oxygen atoms in total. The van der Waals surface area contributed by atoms with Crippen LogP contribution in [0.4, 0.5) is 0 Å². The Morgan fingerprint density at radius 1 is 1.07 bits per heavy atom. The van der Waals surface area contributed by atoms with Gasteiger partial charge in [-0.05, 0) is 42.4 Å². The normalized spacial score (nSPS) is 12.2. The van der Waals surface area contributed by atoms with E-state index in [0.717, 1.165) is 5.56 Å². The van der Waals surface area contributed by atoms with Crippen molar-refractivity contribution in [2.24, 2.45) is 17.8 Å². The molecule has 1 aromatic rings. The Hall–Kier alpha value is -2.30. The molecular weight excluding hydrogens is 364 g/mol. The van der Waals surface area contributed by atoms with Gasteiger partial charge in [0.15, 0.2) is 0 Å². The molecule has 0 aliphatic heterocycles. The summed E-state index contributed by atoms with van der Waals surface area (Å²) >= 11 is 0. The van der Waals surface area contributed by atoms with Crippen LogP contribution in [0.1, 0.15) is 63.9 Å². The summed E-state index contributed by atoms with van der Waals surface area (Å²) in [6.45, 7) is 17.7. The van der Waals surface area contributed by atoms with Crippen molar-refractivity contribution in [2.75, 3.05) is 20.2 Å². The number of rotatable bonds is 11. The fourth-order valence-corrected chi connectivity index (χ4v) is 3.33. The maximum atomic E-state index is 13.3. The van der Waals surface area contributed by atoms with E-state index >= 15 is 0 Å². The molecule has 0 unspecified atom stereocenters. The van der Waals surface area contributed by atoms with Gasteiger partial charge < -0.3 is 15.0 Å². The number of nitrogens with zero attached hydrogens (tertiary/aromatic N) is 1. The molecule has 1 rings (SSSR count). The zero-order valence-electron chi connectivity index (χ0n) is 19.1. The van der Waals surface area contributed by atoms with Crippen LogP contribution in [0.25, 0.3) is 6.08 Å². The lowest BCUT2D eigenvalue weighted by Gasteiger charge is -2.31. The number of methoxy groups -OCH3 is 1. The van der Waals surface area contributed by atoms with E-state index in [1.807, 2.05) is 4.90 Å². The van der Waals surface area contributed by atoms with Crippen LogP contribution >= 0.6 is 0 Å². The monoisotopic (exact) mass is 402 g/mol. The predicted molar refractivity (Wildman–Crippen MR) is 120 cm³/mol. The number of carbonyl (C=O) groups excluding carboxylic acids is 2. The zero-order chi connectivity index (χ0) is 22.1. The molecule has 0 aliphatic carbocycles. The lowest BCUT2D eigenvalue weighted by molar-refractivity contribution is -0.134. The van der Waals surface area contributed by atoms with Crippen LogP contribution in [-0.2, 0) is 4.79 Å². The van der Waals surface area contributed by atoms with Crippen molar-refractivity contribution < 1.29 is 14.3 Å². The van der Waals surface area contributed by atoms with Gasteiger partial charge in [0.25, 0.3) is 5.91 Å². The minimum absolute atomic E-state index is 0.00749. The number of nitrogens with one attached hydrogen (secondary N) is 1. The molecule has 0 heterocycles. The summed E-state index contributed by atoms with van der Waals surface area (Å²) in [6, 6.07) is 4.64. The van der Waals surface area contributed by atoms with Crippen LogP contribution in [0.15, 0.2) is 24.8 Å². The van der Waals surface area contributed by atoms with Gasteiger partial charge in [0, 0.05) is 24.2 Å². The summed E-state index contributed by atoms with van der Waals surface area (Å²) in [5, 5.41) is 2.97. The molecule has 5 heteroatoms. The van der Waals surface area contributed by atoms with E-state index in [4.69, 9.17) is 4.74 Å². The molecule has 0 saturated carbocycles. The summed E-state index contributed by atoms with van der Waals surface area (Å²) in [6.07, 6.45) is 2.25. The minimum Gasteiger partial charge on any atom is -0.496 e. The lowest BCUT2D eigenvalue weighted by atomic mass is 10.0. The van der Waals surface area contributed by atoms with Crippen LogP contribution in [0.2, 0.25) is 0 Å². The molecule has 2 amide bonds. The summed E-state index contributed by atoms with van der Waals surface area (Å²) in [5.41, 5.74) is 1.23. The van der Waals surface area contributed by atoms with Gasteiger partial charge in [0.1, 0.15) is 11.8 Å². The predicted octanol–water partition coefficient (Wildman–Crippen LogP) is 4.62. The number of hydrogen-bond donors (Lipinski definition) is 1. The number of carbonyl (C=O) groups is 2. The van der Waals surface area contributed by atoms with Gasteiger partial charge >= 0.3 is 0 Å². The Balaban J connectivity index is 3.09. The number of ether oxygens (including phenoxy) is 1. The molecule has 162 valence electrons. The van der Waals surface area contributed by atoms with Crippen molar-refractivity contribution in [2.45, 2.75) is 54.0 Å². The lowest BCUT2D eigenvalue weighted by Crippen LogP contribution is -2.51. The first kappa shape index (κ1) is 24.7. The van der Waals surface area contributed by atoms with Gasteiger partial charge in [-0.15, -0.1) is 0 Å². The molecular formula is C24H38N2O3. The fraction of sp³-hybridized carbons (Fsp3) is 0.583. The quantitative estimate of drug-likeness (QED) is 0.587. The van der Waals surface area contributed by atoms with Crippen LogP contribution in [0, 0.1) is 17.8 Å². The maximum absolute atomic E-state index is 13.3. The third kappa shape index (κ3) is 7.92. The average Bonchev–Trinajstić information content (AvgIpc) is 2.64. The SMILES string of the molecule is C=Cc1cc(C(=O)N[C@@H](CC(C)C)C(=O)N(CC(C)C)CC(C)C)ccc1OC. The number of hydrogen-bond acceptors (Lipinski definition) is 3. The second-order valence-electron chi connectivity index (χ2n) is 8.85. The molecule has 0 radical (unpaired) electrons. The topological polar surface area (TPSA) is 58.6 Å². The molecule has 29 heavy (non-hydrogen) atoms. The second-order valence-corrected chi connectivity index (χ2v) is 8.85. The Labute approximate surface area is 176 Å². The highest BCUT2D eigenvalue weighted by atomic mass is 16.5. The third-order valence-electron chi connectivity index (χ3n) is 4.51. The minimum atomic E-state index is -0.547. The van der Waals surface area contributed by atoms with Crippen LogP contribution in [0.5, 0.6) is 5.75 Å². The molecule has 0 aromatic heterocycles. The molecule has 0 fully saturated rings.